The zero-order valence-electron chi connectivity index (χ0n) is 10.8. The molecule has 114 valence electrons. The molecule has 1 aromatic carbocycles. The average Bonchev–Trinajstić information content (AvgIpc) is 2.85. The van der Waals surface area contributed by atoms with Gasteiger partial charge in [-0.3, -0.25) is 0 Å². The Morgan fingerprint density at radius 3 is 2.48 bits per heavy atom. The van der Waals surface area contributed by atoms with Crippen molar-refractivity contribution in [3.05, 3.63) is 56.2 Å². The van der Waals surface area contributed by atoms with Crippen LogP contribution in [-0.2, 0) is 6.18 Å². The first kappa shape index (κ1) is 16.5. The molecule has 2 atom stereocenters. The topological polar surface area (TPSA) is 46.2 Å². The number of aliphatic hydroxyl groups is 1. The van der Waals surface area contributed by atoms with Gasteiger partial charge in [0.25, 0.3) is 0 Å². The van der Waals surface area contributed by atoms with Crippen LogP contribution in [-0.4, -0.2) is 11.7 Å². The summed E-state index contributed by atoms with van der Waals surface area (Å²) in [7, 11) is 0. The van der Waals surface area contributed by atoms with E-state index in [2.05, 4.69) is 15.9 Å². The van der Waals surface area contributed by atoms with E-state index in [9.17, 15) is 18.3 Å². The van der Waals surface area contributed by atoms with E-state index in [1.807, 2.05) is 0 Å². The van der Waals surface area contributed by atoms with Crippen molar-refractivity contribution in [2.24, 2.45) is 5.73 Å². The first-order valence-electron chi connectivity index (χ1n) is 6.13. The van der Waals surface area contributed by atoms with Crippen molar-refractivity contribution in [2.75, 3.05) is 6.54 Å². The van der Waals surface area contributed by atoms with E-state index in [0.717, 1.165) is 15.9 Å². The number of thiophene rings is 1. The third-order valence-corrected chi connectivity index (χ3v) is 4.86. The molecule has 2 rings (SSSR count). The summed E-state index contributed by atoms with van der Waals surface area (Å²) < 4.78 is 39.1. The number of halogens is 4. The minimum absolute atomic E-state index is 0.0536. The molecular formula is C14H13BrF3NOS. The Labute approximate surface area is 132 Å². The van der Waals surface area contributed by atoms with Gasteiger partial charge in [-0.05, 0) is 39.7 Å². The van der Waals surface area contributed by atoms with Gasteiger partial charge >= 0.3 is 6.18 Å². The highest BCUT2D eigenvalue weighted by Crippen LogP contribution is 2.37. The Balaban J connectivity index is 2.33. The third kappa shape index (κ3) is 3.85. The van der Waals surface area contributed by atoms with E-state index in [0.29, 0.717) is 10.4 Å². The number of benzene rings is 1. The summed E-state index contributed by atoms with van der Waals surface area (Å²) in [5.74, 6) is -0.585. The van der Waals surface area contributed by atoms with E-state index in [1.54, 1.807) is 18.2 Å². The van der Waals surface area contributed by atoms with Crippen LogP contribution in [0.1, 0.15) is 28.0 Å². The molecule has 0 amide bonds. The van der Waals surface area contributed by atoms with Gasteiger partial charge < -0.3 is 10.8 Å². The Kier molecular flexibility index (Phi) is 5.08. The lowest BCUT2D eigenvalue weighted by molar-refractivity contribution is -0.137. The summed E-state index contributed by atoms with van der Waals surface area (Å²) in [6, 6.07) is 8.45. The zero-order valence-corrected chi connectivity index (χ0v) is 13.2. The first-order chi connectivity index (χ1) is 9.82. The number of hydrogen-bond acceptors (Lipinski definition) is 3. The number of aliphatic hydroxyl groups excluding tert-OH is 1. The highest BCUT2D eigenvalue weighted by molar-refractivity contribution is 9.11. The molecular weight excluding hydrogens is 367 g/mol. The molecule has 1 heterocycles. The summed E-state index contributed by atoms with van der Waals surface area (Å²) in [5.41, 5.74) is 5.30. The standard InChI is InChI=1S/C14H13BrF3NOS/c15-12-5-4-11(21-12)13(20)10(7-19)8-2-1-3-9(6-8)14(16,17)18/h1-6,10,13,20H,7,19H2. The monoisotopic (exact) mass is 379 g/mol. The molecule has 0 fully saturated rings. The van der Waals surface area contributed by atoms with Crippen molar-refractivity contribution in [3.63, 3.8) is 0 Å². The second-order valence-electron chi connectivity index (χ2n) is 4.55. The quantitative estimate of drug-likeness (QED) is 0.831. The Hall–Kier alpha value is -0.890. The maximum absolute atomic E-state index is 12.8. The summed E-state index contributed by atoms with van der Waals surface area (Å²) in [5, 5.41) is 10.4. The van der Waals surface area contributed by atoms with Crippen molar-refractivity contribution in [1.82, 2.24) is 0 Å². The van der Waals surface area contributed by atoms with Crippen molar-refractivity contribution >= 4 is 27.3 Å². The fourth-order valence-corrected chi connectivity index (χ4v) is 3.55. The van der Waals surface area contributed by atoms with Gasteiger partial charge in [-0.1, -0.05) is 18.2 Å². The molecule has 0 aliphatic rings. The molecule has 0 aliphatic heterocycles. The summed E-state index contributed by atoms with van der Waals surface area (Å²) in [6.07, 6.45) is -5.35. The van der Waals surface area contributed by atoms with Gasteiger partial charge in [-0.2, -0.15) is 13.2 Å². The van der Waals surface area contributed by atoms with E-state index in [1.165, 1.54) is 17.4 Å². The van der Waals surface area contributed by atoms with Crippen LogP contribution in [0.4, 0.5) is 13.2 Å². The number of alkyl halides is 3. The van der Waals surface area contributed by atoms with E-state index in [4.69, 9.17) is 5.73 Å². The van der Waals surface area contributed by atoms with Crippen LogP contribution in [0.3, 0.4) is 0 Å². The lowest BCUT2D eigenvalue weighted by Gasteiger charge is -2.22. The SMILES string of the molecule is NCC(c1cccc(C(F)(F)F)c1)C(O)c1ccc(Br)s1. The lowest BCUT2D eigenvalue weighted by atomic mass is 9.91. The van der Waals surface area contributed by atoms with Crippen LogP contribution < -0.4 is 5.73 Å². The number of nitrogens with two attached hydrogens (primary N) is 1. The first-order valence-corrected chi connectivity index (χ1v) is 7.74. The van der Waals surface area contributed by atoms with Crippen LogP contribution in [0.25, 0.3) is 0 Å². The van der Waals surface area contributed by atoms with Crippen molar-refractivity contribution in [1.29, 1.82) is 0 Å². The molecule has 0 aliphatic carbocycles. The van der Waals surface area contributed by atoms with Gasteiger partial charge in [-0.25, -0.2) is 0 Å². The van der Waals surface area contributed by atoms with E-state index < -0.39 is 23.8 Å². The highest BCUT2D eigenvalue weighted by Gasteiger charge is 2.32. The lowest BCUT2D eigenvalue weighted by Crippen LogP contribution is -2.20. The maximum Gasteiger partial charge on any atom is 0.416 e. The third-order valence-electron chi connectivity index (χ3n) is 3.16. The van der Waals surface area contributed by atoms with Gasteiger partial charge in [0.15, 0.2) is 0 Å². The normalized spacial score (nSPS) is 15.0. The Morgan fingerprint density at radius 1 is 1.24 bits per heavy atom. The fourth-order valence-electron chi connectivity index (χ4n) is 2.08. The van der Waals surface area contributed by atoms with Crippen LogP contribution >= 0.6 is 27.3 Å². The second-order valence-corrected chi connectivity index (χ2v) is 7.05. The Bertz CT molecular complexity index is 614. The molecule has 0 radical (unpaired) electrons. The minimum Gasteiger partial charge on any atom is -0.387 e. The van der Waals surface area contributed by atoms with Gasteiger partial charge in [0.05, 0.1) is 15.5 Å². The average molecular weight is 380 g/mol. The molecule has 0 spiro atoms. The minimum atomic E-state index is -4.41. The van der Waals surface area contributed by atoms with Crippen LogP contribution in [0.5, 0.6) is 0 Å². The van der Waals surface area contributed by atoms with Gasteiger partial charge in [0, 0.05) is 17.3 Å². The predicted molar refractivity (Wildman–Crippen MR) is 80.2 cm³/mol. The molecule has 2 nitrogen and oxygen atoms in total. The zero-order chi connectivity index (χ0) is 15.6. The maximum atomic E-state index is 12.8. The summed E-state index contributed by atoms with van der Waals surface area (Å²) in [6.45, 7) is 0.0536. The fraction of sp³-hybridized carbons (Fsp3) is 0.286. The smallest absolute Gasteiger partial charge is 0.387 e. The van der Waals surface area contributed by atoms with Crippen LogP contribution in [0.2, 0.25) is 0 Å². The molecule has 3 N–H and O–H groups in total. The van der Waals surface area contributed by atoms with E-state index in [-0.39, 0.29) is 6.54 Å². The molecule has 1 aromatic heterocycles. The molecule has 0 saturated heterocycles. The molecule has 2 unspecified atom stereocenters. The summed E-state index contributed by atoms with van der Waals surface area (Å²) >= 11 is 4.63. The Morgan fingerprint density at radius 2 is 1.95 bits per heavy atom. The van der Waals surface area contributed by atoms with Crippen LogP contribution in [0, 0.1) is 0 Å². The van der Waals surface area contributed by atoms with Crippen molar-refractivity contribution in [3.8, 4) is 0 Å². The largest absolute Gasteiger partial charge is 0.416 e. The molecule has 0 bridgehead atoms. The number of rotatable bonds is 4. The predicted octanol–water partition coefficient (Wildman–Crippen LogP) is 4.31. The molecule has 7 heteroatoms. The second kappa shape index (κ2) is 6.48. The van der Waals surface area contributed by atoms with Crippen molar-refractivity contribution in [2.45, 2.75) is 18.2 Å². The summed E-state index contributed by atoms with van der Waals surface area (Å²) in [4.78, 5) is 0.662. The van der Waals surface area contributed by atoms with E-state index >= 15 is 0 Å². The van der Waals surface area contributed by atoms with Crippen LogP contribution in [0.15, 0.2) is 40.2 Å². The molecule has 2 aromatic rings. The van der Waals surface area contributed by atoms with Crippen molar-refractivity contribution < 1.29 is 18.3 Å². The van der Waals surface area contributed by atoms with Gasteiger partial charge in [0.2, 0.25) is 0 Å². The molecule has 21 heavy (non-hydrogen) atoms. The number of hydrogen-bond donors (Lipinski definition) is 2. The highest BCUT2D eigenvalue weighted by atomic mass is 79.9. The van der Waals surface area contributed by atoms with Gasteiger partial charge in [0.1, 0.15) is 0 Å². The van der Waals surface area contributed by atoms with Gasteiger partial charge in [-0.15, -0.1) is 11.3 Å². The molecule has 0 saturated carbocycles.